The largest absolute Gasteiger partial charge is 0.356 e. The number of nitrogens with one attached hydrogen (secondary N) is 1. The van der Waals surface area contributed by atoms with Crippen molar-refractivity contribution in [3.63, 3.8) is 0 Å². The first-order valence-corrected chi connectivity index (χ1v) is 10.2. The minimum atomic E-state index is -0.155. The second-order valence-corrected chi connectivity index (χ2v) is 8.97. The van der Waals surface area contributed by atoms with Gasteiger partial charge in [0, 0.05) is 51.0 Å². The topological polar surface area (TPSA) is 91.6 Å². The number of aromatic nitrogens is 2. The molecule has 0 spiro atoms. The second kappa shape index (κ2) is 10.0. The lowest BCUT2D eigenvalue weighted by Gasteiger charge is -2.21. The van der Waals surface area contributed by atoms with Gasteiger partial charge in [0.25, 0.3) is 0 Å². The summed E-state index contributed by atoms with van der Waals surface area (Å²) in [5.74, 6) is 1.78. The number of carbonyl (C=O) groups excluding carboxylic acids is 2. The van der Waals surface area contributed by atoms with Gasteiger partial charge < -0.3 is 14.7 Å². The highest BCUT2D eigenvalue weighted by Gasteiger charge is 2.24. The Bertz CT molecular complexity index is 651. The molecule has 2 heterocycles. The number of hydrogen-bond acceptors (Lipinski definition) is 6. The van der Waals surface area contributed by atoms with Gasteiger partial charge >= 0.3 is 0 Å². The predicted molar refractivity (Wildman–Crippen MR) is 107 cm³/mol. The van der Waals surface area contributed by atoms with Crippen LogP contribution in [0.3, 0.4) is 0 Å². The molecular weight excluding hydrogens is 358 g/mol. The van der Waals surface area contributed by atoms with Crippen molar-refractivity contribution in [2.24, 2.45) is 5.92 Å². The maximum Gasteiger partial charge on any atom is 0.232 e. The number of rotatable bonds is 7. The Morgan fingerprint density at radius 1 is 1.18 bits per heavy atom. The molecule has 1 N–H and O–H groups in total. The molecule has 1 saturated heterocycles. The Balaban J connectivity index is 1.75. The summed E-state index contributed by atoms with van der Waals surface area (Å²) in [5.41, 5.74) is -0.155. The zero-order valence-electron chi connectivity index (χ0n) is 18.0. The van der Waals surface area contributed by atoms with E-state index in [1.165, 1.54) is 0 Å². The lowest BCUT2D eigenvalue weighted by molar-refractivity contribution is -0.131. The fraction of sp³-hybridized carbons (Fsp3) is 0.800. The summed E-state index contributed by atoms with van der Waals surface area (Å²) in [4.78, 5) is 32.8. The maximum atomic E-state index is 12.4. The third-order valence-corrected chi connectivity index (χ3v) is 4.67. The molecule has 0 atom stereocenters. The van der Waals surface area contributed by atoms with Crippen LogP contribution in [0.1, 0.15) is 65.6 Å². The Morgan fingerprint density at radius 2 is 1.93 bits per heavy atom. The fourth-order valence-electron chi connectivity index (χ4n) is 3.11. The molecule has 0 bridgehead atoms. The van der Waals surface area contributed by atoms with E-state index in [0.29, 0.717) is 50.1 Å². The van der Waals surface area contributed by atoms with Gasteiger partial charge in [0.1, 0.15) is 0 Å². The third-order valence-electron chi connectivity index (χ3n) is 4.67. The van der Waals surface area contributed by atoms with Crippen LogP contribution in [0.25, 0.3) is 0 Å². The van der Waals surface area contributed by atoms with E-state index in [1.54, 1.807) is 0 Å². The van der Waals surface area contributed by atoms with Crippen molar-refractivity contribution < 1.29 is 14.1 Å². The van der Waals surface area contributed by atoms with Gasteiger partial charge in [-0.15, -0.1) is 0 Å². The molecule has 0 saturated carbocycles. The van der Waals surface area contributed by atoms with E-state index in [0.717, 1.165) is 26.1 Å². The van der Waals surface area contributed by atoms with Crippen molar-refractivity contribution >= 4 is 11.8 Å². The van der Waals surface area contributed by atoms with Crippen LogP contribution in [0.5, 0.6) is 0 Å². The highest BCUT2D eigenvalue weighted by molar-refractivity contribution is 5.79. The molecule has 8 heteroatoms. The molecule has 28 heavy (non-hydrogen) atoms. The lowest BCUT2D eigenvalue weighted by Crippen LogP contribution is -2.37. The van der Waals surface area contributed by atoms with Gasteiger partial charge in [0.15, 0.2) is 5.82 Å². The van der Waals surface area contributed by atoms with Gasteiger partial charge in [-0.05, 0) is 12.3 Å². The molecule has 1 aromatic rings. The monoisotopic (exact) mass is 393 g/mol. The van der Waals surface area contributed by atoms with Crippen molar-refractivity contribution in [1.29, 1.82) is 0 Å². The first-order chi connectivity index (χ1) is 13.1. The third kappa shape index (κ3) is 7.22. The van der Waals surface area contributed by atoms with Gasteiger partial charge in [0.2, 0.25) is 17.7 Å². The van der Waals surface area contributed by atoms with Gasteiger partial charge in [-0.2, -0.15) is 4.98 Å². The van der Waals surface area contributed by atoms with E-state index in [9.17, 15) is 9.59 Å². The van der Waals surface area contributed by atoms with Crippen LogP contribution in [-0.2, 0) is 21.5 Å². The van der Waals surface area contributed by atoms with Gasteiger partial charge in [-0.3, -0.25) is 14.5 Å². The molecule has 1 fully saturated rings. The Hall–Kier alpha value is -1.96. The summed E-state index contributed by atoms with van der Waals surface area (Å²) >= 11 is 0. The summed E-state index contributed by atoms with van der Waals surface area (Å²) in [5, 5.41) is 6.92. The summed E-state index contributed by atoms with van der Waals surface area (Å²) in [6, 6.07) is 0. The minimum absolute atomic E-state index is 0.0135. The molecule has 1 aliphatic heterocycles. The van der Waals surface area contributed by atoms with Gasteiger partial charge in [0.05, 0.1) is 6.54 Å². The number of amides is 2. The average Bonchev–Trinajstić information content (AvgIpc) is 2.93. The molecule has 1 aliphatic rings. The molecule has 0 radical (unpaired) electrons. The van der Waals surface area contributed by atoms with E-state index in [2.05, 4.69) is 20.4 Å². The zero-order chi connectivity index (χ0) is 20.7. The van der Waals surface area contributed by atoms with E-state index in [4.69, 9.17) is 4.52 Å². The lowest BCUT2D eigenvalue weighted by atomic mass is 9.97. The quantitative estimate of drug-likeness (QED) is 0.761. The molecule has 2 amide bonds. The molecule has 1 aromatic heterocycles. The zero-order valence-corrected chi connectivity index (χ0v) is 18.0. The highest BCUT2D eigenvalue weighted by atomic mass is 16.5. The van der Waals surface area contributed by atoms with Crippen LogP contribution in [0.4, 0.5) is 0 Å². The number of hydrogen-bond donors (Lipinski definition) is 1. The minimum Gasteiger partial charge on any atom is -0.356 e. The fourth-order valence-corrected chi connectivity index (χ4v) is 3.11. The van der Waals surface area contributed by atoms with Crippen molar-refractivity contribution in [3.8, 4) is 0 Å². The van der Waals surface area contributed by atoms with Crippen LogP contribution in [-0.4, -0.2) is 64.5 Å². The Morgan fingerprint density at radius 3 is 2.57 bits per heavy atom. The van der Waals surface area contributed by atoms with Crippen molar-refractivity contribution in [2.75, 3.05) is 32.7 Å². The predicted octanol–water partition coefficient (Wildman–Crippen LogP) is 1.95. The maximum absolute atomic E-state index is 12.4. The standard InChI is InChI=1S/C20H35N5O3/c1-15(2)13-17(26)21-8-7-18(27)25-10-6-9-24(11-12-25)14-16-22-19(28-23-16)20(3,4)5/h15H,6-14H2,1-5H3,(H,21,26). The highest BCUT2D eigenvalue weighted by Crippen LogP contribution is 2.20. The first-order valence-electron chi connectivity index (χ1n) is 10.2. The van der Waals surface area contributed by atoms with Crippen LogP contribution in [0.2, 0.25) is 0 Å². The molecule has 0 aliphatic carbocycles. The van der Waals surface area contributed by atoms with E-state index >= 15 is 0 Å². The molecular formula is C20H35N5O3. The van der Waals surface area contributed by atoms with E-state index in [1.807, 2.05) is 39.5 Å². The average molecular weight is 394 g/mol. The molecule has 0 unspecified atom stereocenters. The van der Waals surface area contributed by atoms with Crippen molar-refractivity contribution in [1.82, 2.24) is 25.3 Å². The van der Waals surface area contributed by atoms with Gasteiger partial charge in [-0.25, -0.2) is 0 Å². The molecule has 8 nitrogen and oxygen atoms in total. The van der Waals surface area contributed by atoms with E-state index in [-0.39, 0.29) is 17.2 Å². The SMILES string of the molecule is CC(C)CC(=O)NCCC(=O)N1CCCN(Cc2noc(C(C)(C)C)n2)CC1. The van der Waals surface area contributed by atoms with E-state index < -0.39 is 0 Å². The van der Waals surface area contributed by atoms with Crippen LogP contribution >= 0.6 is 0 Å². The normalized spacial score (nSPS) is 16.3. The number of carbonyl (C=O) groups is 2. The van der Waals surface area contributed by atoms with Crippen LogP contribution < -0.4 is 5.32 Å². The molecule has 0 aromatic carbocycles. The van der Waals surface area contributed by atoms with Crippen LogP contribution in [0, 0.1) is 5.92 Å². The van der Waals surface area contributed by atoms with Crippen LogP contribution in [0.15, 0.2) is 4.52 Å². The summed E-state index contributed by atoms with van der Waals surface area (Å²) in [7, 11) is 0. The second-order valence-electron chi connectivity index (χ2n) is 8.97. The first kappa shape index (κ1) is 22.3. The Labute approximate surface area is 168 Å². The van der Waals surface area contributed by atoms with Crippen molar-refractivity contribution in [2.45, 2.75) is 65.8 Å². The van der Waals surface area contributed by atoms with Crippen molar-refractivity contribution in [3.05, 3.63) is 11.7 Å². The number of nitrogens with zero attached hydrogens (tertiary/aromatic N) is 4. The smallest absolute Gasteiger partial charge is 0.232 e. The summed E-state index contributed by atoms with van der Waals surface area (Å²) in [6.45, 7) is 14.3. The van der Waals surface area contributed by atoms with Gasteiger partial charge in [-0.1, -0.05) is 39.8 Å². The summed E-state index contributed by atoms with van der Waals surface area (Å²) in [6.07, 6.45) is 1.76. The Kier molecular flexibility index (Phi) is 7.98. The molecule has 158 valence electrons. The molecule has 2 rings (SSSR count). The summed E-state index contributed by atoms with van der Waals surface area (Å²) < 4.78 is 5.36.